The van der Waals surface area contributed by atoms with Crippen LogP contribution in [-0.4, -0.2) is 17.4 Å². The minimum atomic E-state index is -0.226. The SMILES string of the molecule is CCCCCCC1NC(C#N)=C(C#N)NC1=NC(C)(C)C. The van der Waals surface area contributed by atoms with Crippen molar-refractivity contribution >= 4 is 5.84 Å². The Hall–Kier alpha value is -2.01. The van der Waals surface area contributed by atoms with Crippen LogP contribution in [-0.2, 0) is 0 Å². The molecule has 0 aromatic carbocycles. The summed E-state index contributed by atoms with van der Waals surface area (Å²) in [6, 6.07) is 4.05. The predicted molar refractivity (Wildman–Crippen MR) is 84.3 cm³/mol. The van der Waals surface area contributed by atoms with Crippen LogP contribution in [0, 0.1) is 22.7 Å². The second-order valence-electron chi connectivity index (χ2n) is 6.31. The van der Waals surface area contributed by atoms with Crippen LogP contribution in [0.5, 0.6) is 0 Å². The highest BCUT2D eigenvalue weighted by Gasteiger charge is 2.26. The number of unbranched alkanes of at least 4 members (excludes halogenated alkanes) is 3. The molecule has 0 aliphatic carbocycles. The monoisotopic (exact) mass is 287 g/mol. The third-order valence-corrected chi connectivity index (χ3v) is 3.18. The maximum Gasteiger partial charge on any atom is 0.153 e. The molecule has 1 aliphatic rings. The fraction of sp³-hybridized carbons (Fsp3) is 0.688. The lowest BCUT2D eigenvalue weighted by atomic mass is 10.0. The summed E-state index contributed by atoms with van der Waals surface area (Å²) in [5, 5.41) is 24.5. The summed E-state index contributed by atoms with van der Waals surface area (Å²) in [6.07, 6.45) is 5.58. The lowest BCUT2D eigenvalue weighted by Crippen LogP contribution is -2.49. The van der Waals surface area contributed by atoms with Gasteiger partial charge in [-0.15, -0.1) is 0 Å². The Kier molecular flexibility index (Phi) is 6.24. The van der Waals surface area contributed by atoms with Gasteiger partial charge in [-0.1, -0.05) is 32.6 Å². The molecule has 0 aromatic heterocycles. The number of aliphatic imine (C=N–C) groups is 1. The maximum absolute atomic E-state index is 9.14. The molecule has 0 aromatic rings. The Morgan fingerprint density at radius 2 is 1.76 bits per heavy atom. The standard InChI is InChI=1S/C16H25N5/c1-5-6-7-8-9-12-15(21-16(2,3)4)20-14(11-18)13(10-17)19-12/h12,19H,5-9H2,1-4H3,(H,20,21). The maximum atomic E-state index is 9.14. The van der Waals surface area contributed by atoms with Gasteiger partial charge < -0.3 is 10.6 Å². The molecule has 2 N–H and O–H groups in total. The quantitative estimate of drug-likeness (QED) is 0.761. The second kappa shape index (κ2) is 7.69. The molecule has 1 atom stereocenters. The Morgan fingerprint density at radius 1 is 1.10 bits per heavy atom. The number of nitriles is 2. The van der Waals surface area contributed by atoms with E-state index in [4.69, 9.17) is 10.5 Å². The molecule has 114 valence electrons. The van der Waals surface area contributed by atoms with Crippen molar-refractivity contribution in [2.75, 3.05) is 0 Å². The van der Waals surface area contributed by atoms with E-state index in [9.17, 15) is 0 Å². The van der Waals surface area contributed by atoms with Crippen LogP contribution in [0.2, 0.25) is 0 Å². The van der Waals surface area contributed by atoms with E-state index in [1.165, 1.54) is 19.3 Å². The van der Waals surface area contributed by atoms with Crippen molar-refractivity contribution in [2.24, 2.45) is 4.99 Å². The minimum Gasteiger partial charge on any atom is -0.364 e. The summed E-state index contributed by atoms with van der Waals surface area (Å²) in [4.78, 5) is 4.66. The first-order valence-corrected chi connectivity index (χ1v) is 7.59. The second-order valence-corrected chi connectivity index (χ2v) is 6.31. The summed E-state index contributed by atoms with van der Waals surface area (Å²) >= 11 is 0. The molecule has 0 saturated carbocycles. The van der Waals surface area contributed by atoms with Crippen molar-refractivity contribution < 1.29 is 0 Å². The largest absolute Gasteiger partial charge is 0.364 e. The third-order valence-electron chi connectivity index (χ3n) is 3.18. The first-order chi connectivity index (χ1) is 9.91. The molecule has 1 heterocycles. The summed E-state index contributed by atoms with van der Waals surface area (Å²) in [6.45, 7) is 8.24. The number of nitrogens with one attached hydrogen (secondary N) is 2. The highest BCUT2D eigenvalue weighted by Crippen LogP contribution is 2.16. The van der Waals surface area contributed by atoms with Crippen molar-refractivity contribution in [1.29, 1.82) is 10.5 Å². The molecule has 21 heavy (non-hydrogen) atoms. The molecule has 0 saturated heterocycles. The van der Waals surface area contributed by atoms with Gasteiger partial charge in [0.2, 0.25) is 0 Å². The third kappa shape index (κ3) is 5.47. The van der Waals surface area contributed by atoms with Gasteiger partial charge >= 0.3 is 0 Å². The van der Waals surface area contributed by atoms with E-state index in [1.807, 2.05) is 32.9 Å². The fourth-order valence-electron chi connectivity index (χ4n) is 2.22. The average Bonchev–Trinajstić information content (AvgIpc) is 2.42. The van der Waals surface area contributed by atoms with E-state index >= 15 is 0 Å². The molecule has 5 heteroatoms. The van der Waals surface area contributed by atoms with Crippen LogP contribution in [0.4, 0.5) is 0 Å². The van der Waals surface area contributed by atoms with Gasteiger partial charge in [0, 0.05) is 0 Å². The van der Waals surface area contributed by atoms with E-state index < -0.39 is 0 Å². The Balaban J connectivity index is 2.91. The summed E-state index contributed by atoms with van der Waals surface area (Å²) in [5.74, 6) is 0.759. The number of rotatable bonds is 5. The number of nitrogens with zero attached hydrogens (tertiary/aromatic N) is 3. The topological polar surface area (TPSA) is 84.0 Å². The van der Waals surface area contributed by atoms with Crippen LogP contribution in [0.25, 0.3) is 0 Å². The van der Waals surface area contributed by atoms with Gasteiger partial charge in [-0.05, 0) is 27.2 Å². The summed E-state index contributed by atoms with van der Waals surface area (Å²) < 4.78 is 0. The minimum absolute atomic E-state index is 0.0205. The Bertz CT molecular complexity index is 496. The molecule has 0 fully saturated rings. The van der Waals surface area contributed by atoms with Crippen LogP contribution in [0.15, 0.2) is 16.4 Å². The molecule has 1 rings (SSSR count). The molecule has 0 radical (unpaired) electrons. The smallest absolute Gasteiger partial charge is 0.153 e. The van der Waals surface area contributed by atoms with Gasteiger partial charge in [-0.3, -0.25) is 4.99 Å². The highest BCUT2D eigenvalue weighted by molar-refractivity contribution is 5.91. The first-order valence-electron chi connectivity index (χ1n) is 7.59. The Labute approximate surface area is 127 Å². The van der Waals surface area contributed by atoms with Gasteiger partial charge in [-0.2, -0.15) is 10.5 Å². The number of amidine groups is 1. The van der Waals surface area contributed by atoms with Crippen molar-refractivity contribution in [3.05, 3.63) is 11.4 Å². The zero-order valence-electron chi connectivity index (χ0n) is 13.5. The lowest BCUT2D eigenvalue weighted by molar-refractivity contribution is 0.533. The fourth-order valence-corrected chi connectivity index (χ4v) is 2.22. The number of hydrogen-bond donors (Lipinski definition) is 2. The molecular weight excluding hydrogens is 262 g/mol. The number of hydrogen-bond acceptors (Lipinski definition) is 4. The van der Waals surface area contributed by atoms with Crippen molar-refractivity contribution in [1.82, 2.24) is 10.6 Å². The molecule has 1 aliphatic heterocycles. The zero-order chi connectivity index (χ0) is 15.9. The highest BCUT2D eigenvalue weighted by atomic mass is 15.1. The zero-order valence-corrected chi connectivity index (χ0v) is 13.5. The van der Waals surface area contributed by atoms with E-state index in [0.29, 0.717) is 5.70 Å². The van der Waals surface area contributed by atoms with E-state index in [0.717, 1.165) is 18.7 Å². The van der Waals surface area contributed by atoms with Crippen LogP contribution < -0.4 is 10.6 Å². The molecule has 1 unspecified atom stereocenters. The Morgan fingerprint density at radius 3 is 2.29 bits per heavy atom. The molecular formula is C16H25N5. The number of allylic oxidation sites excluding steroid dienone is 2. The molecule has 0 spiro atoms. The average molecular weight is 287 g/mol. The van der Waals surface area contributed by atoms with Crippen LogP contribution in [0.1, 0.15) is 59.8 Å². The van der Waals surface area contributed by atoms with Crippen LogP contribution in [0.3, 0.4) is 0 Å². The molecule has 5 nitrogen and oxygen atoms in total. The van der Waals surface area contributed by atoms with Gasteiger partial charge in [0.25, 0.3) is 0 Å². The molecule has 0 amide bonds. The van der Waals surface area contributed by atoms with Crippen molar-refractivity contribution in [3.63, 3.8) is 0 Å². The van der Waals surface area contributed by atoms with Crippen LogP contribution >= 0.6 is 0 Å². The van der Waals surface area contributed by atoms with Gasteiger partial charge in [0.05, 0.1) is 11.6 Å². The summed E-state index contributed by atoms with van der Waals surface area (Å²) in [5.41, 5.74) is 0.340. The van der Waals surface area contributed by atoms with Crippen molar-refractivity contribution in [3.8, 4) is 12.1 Å². The van der Waals surface area contributed by atoms with E-state index in [-0.39, 0.29) is 17.3 Å². The van der Waals surface area contributed by atoms with E-state index in [2.05, 4.69) is 22.5 Å². The lowest BCUT2D eigenvalue weighted by Gasteiger charge is -2.29. The first kappa shape index (κ1) is 17.0. The van der Waals surface area contributed by atoms with Gasteiger partial charge in [0.1, 0.15) is 23.7 Å². The summed E-state index contributed by atoms with van der Waals surface area (Å²) in [7, 11) is 0. The molecule has 0 bridgehead atoms. The normalized spacial score (nSPS) is 20.5. The van der Waals surface area contributed by atoms with Crippen molar-refractivity contribution in [2.45, 2.75) is 71.4 Å². The van der Waals surface area contributed by atoms with Gasteiger partial charge in [0.15, 0.2) is 5.70 Å². The predicted octanol–water partition coefficient (Wildman–Crippen LogP) is 2.97. The van der Waals surface area contributed by atoms with E-state index in [1.54, 1.807) is 0 Å². The van der Waals surface area contributed by atoms with Gasteiger partial charge in [-0.25, -0.2) is 0 Å².